The Morgan fingerprint density at radius 3 is 2.56 bits per heavy atom. The van der Waals surface area contributed by atoms with Crippen LogP contribution in [0, 0.1) is 0 Å². The molecule has 0 radical (unpaired) electrons. The van der Waals surface area contributed by atoms with Gasteiger partial charge >= 0.3 is 0 Å². The predicted molar refractivity (Wildman–Crippen MR) is 96.6 cm³/mol. The molecule has 6 rings (SSSR count). The van der Waals surface area contributed by atoms with Crippen molar-refractivity contribution in [2.75, 3.05) is 6.26 Å². The number of amides is 1. The van der Waals surface area contributed by atoms with Gasteiger partial charge in [0.15, 0.2) is 11.3 Å². The molecule has 0 spiro atoms. The minimum atomic E-state index is -3.48. The summed E-state index contributed by atoms with van der Waals surface area (Å²) >= 11 is 6.15. The number of carbonyl (C=O) groups is 1. The lowest BCUT2D eigenvalue weighted by molar-refractivity contribution is -0.0958. The number of hydrogen-bond donors (Lipinski definition) is 1. The fraction of sp³-hybridized carbons (Fsp3) is 0.333. The van der Waals surface area contributed by atoms with E-state index in [2.05, 4.69) is 10.3 Å². The fourth-order valence-corrected chi connectivity index (χ4v) is 5.00. The van der Waals surface area contributed by atoms with E-state index in [1.807, 2.05) is 12.1 Å². The van der Waals surface area contributed by atoms with Gasteiger partial charge in [-0.2, -0.15) is 0 Å². The minimum absolute atomic E-state index is 0.0113. The fourth-order valence-electron chi connectivity index (χ4n) is 4.23. The first-order valence-electron chi connectivity index (χ1n) is 8.38. The summed E-state index contributed by atoms with van der Waals surface area (Å²) in [5, 5.41) is 3.27. The van der Waals surface area contributed by atoms with E-state index in [0.29, 0.717) is 16.5 Å². The van der Waals surface area contributed by atoms with E-state index in [0.717, 1.165) is 31.0 Å². The molecule has 0 saturated heterocycles. The number of benzene rings is 1. The number of oxazole rings is 1. The quantitative estimate of drug-likeness (QED) is 0.714. The van der Waals surface area contributed by atoms with Crippen LogP contribution >= 0.6 is 11.6 Å². The number of hydrogen-bond acceptors (Lipinski definition) is 6. The Morgan fingerprint density at radius 1 is 1.19 bits per heavy atom. The highest BCUT2D eigenvalue weighted by Crippen LogP contribution is 2.67. The van der Waals surface area contributed by atoms with Crippen LogP contribution < -0.4 is 5.32 Å². The van der Waals surface area contributed by atoms with Crippen molar-refractivity contribution in [3.63, 3.8) is 0 Å². The van der Waals surface area contributed by atoms with Crippen molar-refractivity contribution in [3.8, 4) is 0 Å². The smallest absolute Gasteiger partial charge is 0.287 e. The molecule has 7 nitrogen and oxygen atoms in total. The third kappa shape index (κ3) is 2.43. The maximum Gasteiger partial charge on any atom is 0.287 e. The second-order valence-electron chi connectivity index (χ2n) is 7.54. The predicted octanol–water partition coefficient (Wildman–Crippen LogP) is 3.08. The highest BCUT2D eigenvalue weighted by atomic mass is 35.5. The van der Waals surface area contributed by atoms with Gasteiger partial charge in [0.25, 0.3) is 5.91 Å². The minimum Gasteiger partial charge on any atom is -0.440 e. The van der Waals surface area contributed by atoms with Crippen LogP contribution in [0.15, 0.2) is 44.3 Å². The van der Waals surface area contributed by atoms with Gasteiger partial charge < -0.3 is 14.2 Å². The summed E-state index contributed by atoms with van der Waals surface area (Å²) in [6.07, 6.45) is 3.19. The zero-order chi connectivity index (χ0) is 19.0. The number of sulfone groups is 1. The van der Waals surface area contributed by atoms with Crippen molar-refractivity contribution < 1.29 is 22.0 Å². The summed E-state index contributed by atoms with van der Waals surface area (Å²) in [5.74, 6) is 0.223. The topological polar surface area (TPSA) is 102 Å². The van der Waals surface area contributed by atoms with E-state index < -0.39 is 15.7 Å². The number of nitrogens with one attached hydrogen (secondary N) is 1. The third-order valence-corrected chi connectivity index (χ3v) is 6.65. The zero-order valence-electron chi connectivity index (χ0n) is 14.3. The Kier molecular flexibility index (Phi) is 3.20. The van der Waals surface area contributed by atoms with E-state index >= 15 is 0 Å². The number of rotatable bonds is 4. The number of fused-ring (bicyclic) bond motifs is 1. The van der Waals surface area contributed by atoms with E-state index in [1.165, 1.54) is 12.1 Å². The van der Waals surface area contributed by atoms with Crippen LogP contribution in [-0.2, 0) is 15.3 Å². The number of carbonyl (C=O) groups excluding carboxylic acids is 1. The lowest BCUT2D eigenvalue weighted by Gasteiger charge is -2.68. The molecule has 1 N–H and O–H groups in total. The molecule has 27 heavy (non-hydrogen) atoms. The van der Waals surface area contributed by atoms with Gasteiger partial charge in [-0.25, -0.2) is 13.4 Å². The molecule has 1 amide bonds. The SMILES string of the molecule is CS(=O)(=O)c1ccc(C(=O)NC23CC(c4nc5cccc(Cl)c5o4)(C2)C3)o1. The van der Waals surface area contributed by atoms with Crippen LogP contribution in [-0.4, -0.2) is 31.1 Å². The average molecular weight is 407 g/mol. The van der Waals surface area contributed by atoms with Crippen LogP contribution in [0.2, 0.25) is 5.02 Å². The number of halogens is 1. The summed E-state index contributed by atoms with van der Waals surface area (Å²) in [6, 6.07) is 8.10. The monoisotopic (exact) mass is 406 g/mol. The zero-order valence-corrected chi connectivity index (χ0v) is 15.9. The van der Waals surface area contributed by atoms with Gasteiger partial charge in [0, 0.05) is 11.8 Å². The van der Waals surface area contributed by atoms with Gasteiger partial charge in [0.05, 0.1) is 10.4 Å². The summed E-state index contributed by atoms with van der Waals surface area (Å²) in [6.45, 7) is 0. The maximum atomic E-state index is 12.4. The van der Waals surface area contributed by atoms with Crippen molar-refractivity contribution in [3.05, 3.63) is 47.0 Å². The first-order valence-corrected chi connectivity index (χ1v) is 10.6. The lowest BCUT2D eigenvalue weighted by Crippen LogP contribution is -2.76. The van der Waals surface area contributed by atoms with Gasteiger partial charge in [0.2, 0.25) is 20.8 Å². The van der Waals surface area contributed by atoms with Gasteiger partial charge in [-0.3, -0.25) is 4.79 Å². The van der Waals surface area contributed by atoms with Crippen LogP contribution in [0.25, 0.3) is 11.1 Å². The third-order valence-electron chi connectivity index (χ3n) is 5.40. The Hall–Kier alpha value is -2.32. The molecule has 2 bridgehead atoms. The Morgan fingerprint density at radius 2 is 1.93 bits per heavy atom. The molecule has 3 aliphatic rings. The molecule has 1 aromatic carbocycles. The molecule has 3 fully saturated rings. The second kappa shape index (κ2) is 5.14. The van der Waals surface area contributed by atoms with Crippen LogP contribution in [0.3, 0.4) is 0 Å². The number of para-hydroxylation sites is 1. The Labute approximate surface area is 159 Å². The van der Waals surface area contributed by atoms with Crippen LogP contribution in [0.1, 0.15) is 35.7 Å². The van der Waals surface area contributed by atoms with Gasteiger partial charge in [0.1, 0.15) is 5.52 Å². The van der Waals surface area contributed by atoms with Crippen molar-refractivity contribution in [1.82, 2.24) is 10.3 Å². The lowest BCUT2D eigenvalue weighted by atomic mass is 9.39. The summed E-state index contributed by atoms with van der Waals surface area (Å²) < 4.78 is 34.0. The summed E-state index contributed by atoms with van der Waals surface area (Å²) in [5.41, 5.74) is 0.820. The number of aromatic nitrogens is 1. The molecular formula is C18H15ClN2O5S. The van der Waals surface area contributed by atoms with Crippen LogP contribution in [0.4, 0.5) is 0 Å². The molecule has 140 valence electrons. The van der Waals surface area contributed by atoms with E-state index in [9.17, 15) is 13.2 Å². The van der Waals surface area contributed by atoms with E-state index in [1.54, 1.807) is 6.07 Å². The van der Waals surface area contributed by atoms with Crippen molar-refractivity contribution in [2.45, 2.75) is 35.3 Å². The summed E-state index contributed by atoms with van der Waals surface area (Å²) in [4.78, 5) is 16.9. The van der Waals surface area contributed by atoms with Crippen LogP contribution in [0.5, 0.6) is 0 Å². The first-order chi connectivity index (χ1) is 12.7. The molecule has 3 aliphatic carbocycles. The molecule has 2 aromatic heterocycles. The van der Waals surface area contributed by atoms with Crippen molar-refractivity contribution >= 4 is 38.4 Å². The Balaban J connectivity index is 1.31. The van der Waals surface area contributed by atoms with E-state index in [-0.39, 0.29) is 21.8 Å². The first kappa shape index (κ1) is 16.8. The van der Waals surface area contributed by atoms with Crippen molar-refractivity contribution in [1.29, 1.82) is 0 Å². The second-order valence-corrected chi connectivity index (χ2v) is 9.90. The molecule has 9 heteroatoms. The Bertz CT molecular complexity index is 1190. The van der Waals surface area contributed by atoms with Crippen molar-refractivity contribution in [2.24, 2.45) is 0 Å². The number of furan rings is 1. The molecule has 3 aromatic rings. The highest BCUT2D eigenvalue weighted by Gasteiger charge is 2.71. The molecule has 2 heterocycles. The van der Waals surface area contributed by atoms with Gasteiger partial charge in [-0.1, -0.05) is 17.7 Å². The highest BCUT2D eigenvalue weighted by molar-refractivity contribution is 7.90. The van der Waals surface area contributed by atoms with Gasteiger partial charge in [-0.15, -0.1) is 0 Å². The molecule has 0 unspecified atom stereocenters. The standard InChI is InChI=1S/C18H15ClN2O5S/c1-27(23,24)13-6-5-12(25-13)15(22)21-18-7-17(8-18,9-18)16-20-11-4-2-3-10(19)14(11)26-16/h2-6H,7-9H2,1H3,(H,21,22). The van der Waals surface area contributed by atoms with E-state index in [4.69, 9.17) is 20.4 Å². The molecule has 0 atom stereocenters. The molecular weight excluding hydrogens is 392 g/mol. The molecule has 3 saturated carbocycles. The summed E-state index contributed by atoms with van der Waals surface area (Å²) in [7, 11) is -3.48. The average Bonchev–Trinajstić information content (AvgIpc) is 3.16. The van der Waals surface area contributed by atoms with Gasteiger partial charge in [-0.05, 0) is 43.5 Å². The normalized spacial score (nSPS) is 26.4. The largest absolute Gasteiger partial charge is 0.440 e. The molecule has 0 aliphatic heterocycles. The maximum absolute atomic E-state index is 12.4. The number of nitrogens with zero attached hydrogens (tertiary/aromatic N) is 1.